The Bertz CT molecular complexity index is 1050. The van der Waals surface area contributed by atoms with E-state index in [0.29, 0.717) is 18.6 Å². The number of alkyl halides is 1. The van der Waals surface area contributed by atoms with E-state index >= 15 is 0 Å². The van der Waals surface area contributed by atoms with E-state index in [4.69, 9.17) is 11.6 Å². The number of aryl methyl sites for hydroxylation is 1. The van der Waals surface area contributed by atoms with Crippen molar-refractivity contribution in [3.8, 4) is 0 Å². The van der Waals surface area contributed by atoms with E-state index in [0.717, 1.165) is 36.0 Å². The zero-order valence-corrected chi connectivity index (χ0v) is 20.6. The lowest BCUT2D eigenvalue weighted by atomic mass is 9.48. The van der Waals surface area contributed by atoms with Gasteiger partial charge >= 0.3 is 0 Å². The molecule has 7 atom stereocenters. The molecule has 0 heterocycles. The van der Waals surface area contributed by atoms with Gasteiger partial charge in [-0.3, -0.25) is 9.59 Å². The highest BCUT2D eigenvalue weighted by Gasteiger charge is 2.70. The van der Waals surface area contributed by atoms with Crippen LogP contribution in [0, 0.1) is 35.5 Å². The molecule has 0 N–H and O–H groups in total. The van der Waals surface area contributed by atoms with Crippen LogP contribution in [0.2, 0.25) is 0 Å². The molecule has 0 aromatic heterocycles. The lowest BCUT2D eigenvalue weighted by molar-refractivity contribution is -0.141. The van der Waals surface area contributed by atoms with Gasteiger partial charge in [-0.25, -0.2) is 0 Å². The van der Waals surface area contributed by atoms with Gasteiger partial charge < -0.3 is 4.55 Å². The third-order valence-electron chi connectivity index (χ3n) is 9.19. The van der Waals surface area contributed by atoms with Crippen molar-refractivity contribution in [3.05, 3.63) is 59.2 Å². The average molecular weight is 471 g/mol. The summed E-state index contributed by atoms with van der Waals surface area (Å²) in [6.45, 7) is 6.28. The van der Waals surface area contributed by atoms with Gasteiger partial charge in [0.05, 0.1) is 0 Å². The van der Waals surface area contributed by atoms with Gasteiger partial charge in [0.25, 0.3) is 0 Å². The molecule has 32 heavy (non-hydrogen) atoms. The van der Waals surface area contributed by atoms with Gasteiger partial charge in [-0.05, 0) is 66.9 Å². The monoisotopic (exact) mass is 470 g/mol. The first-order chi connectivity index (χ1) is 15.1. The average Bonchev–Trinajstić information content (AvgIpc) is 3.01. The number of benzene rings is 1. The normalized spacial score (nSPS) is 41.5. The number of ketones is 2. The van der Waals surface area contributed by atoms with Crippen LogP contribution in [0.4, 0.5) is 0 Å². The molecular weight excluding hydrogens is 440 g/mol. The number of carbonyl (C=O) groups excluding carboxylic acids is 2. The first kappa shape index (κ1) is 22.4. The summed E-state index contributed by atoms with van der Waals surface area (Å²) in [5, 5.41) is 0. The maximum absolute atomic E-state index is 13.8. The van der Waals surface area contributed by atoms with Crippen LogP contribution in [0.1, 0.15) is 57.1 Å². The van der Waals surface area contributed by atoms with Crippen molar-refractivity contribution >= 4 is 34.3 Å². The highest BCUT2D eigenvalue weighted by Crippen LogP contribution is 2.68. The molecule has 5 rings (SSSR count). The fraction of sp³-hybridized carbons (Fsp3) is 0.556. The van der Waals surface area contributed by atoms with Crippen LogP contribution in [-0.4, -0.2) is 20.3 Å². The Labute approximate surface area is 198 Å². The zero-order chi connectivity index (χ0) is 22.9. The number of rotatable bonds is 3. The Kier molecular flexibility index (Phi) is 5.31. The van der Waals surface area contributed by atoms with Gasteiger partial charge in [0.1, 0.15) is 11.5 Å². The first-order valence-electron chi connectivity index (χ1n) is 11.7. The molecule has 0 bridgehead atoms. The minimum absolute atomic E-state index is 0.0243. The van der Waals surface area contributed by atoms with Gasteiger partial charge in [0.2, 0.25) is 4.21 Å². The molecule has 5 heteroatoms. The summed E-state index contributed by atoms with van der Waals surface area (Å²) in [5.41, 5.74) is 2.43. The molecular formula is C27H31ClO3S. The molecule has 1 aromatic rings. The van der Waals surface area contributed by atoms with Crippen molar-refractivity contribution in [2.45, 2.75) is 62.8 Å². The summed E-state index contributed by atoms with van der Waals surface area (Å²) in [6.07, 6.45) is 9.05. The minimum Gasteiger partial charge on any atom is -0.615 e. The number of allylic oxidation sites excluding steroid dienone is 4. The van der Waals surface area contributed by atoms with E-state index in [1.165, 1.54) is 0 Å². The lowest BCUT2D eigenvalue weighted by Crippen LogP contribution is -2.58. The van der Waals surface area contributed by atoms with Gasteiger partial charge in [0.15, 0.2) is 5.78 Å². The fourth-order valence-electron chi connectivity index (χ4n) is 7.37. The predicted octanol–water partition coefficient (Wildman–Crippen LogP) is 5.67. The summed E-state index contributed by atoms with van der Waals surface area (Å²) in [5.74, 6) is 1.05. The van der Waals surface area contributed by atoms with Crippen molar-refractivity contribution < 1.29 is 14.1 Å². The Morgan fingerprint density at radius 1 is 1.19 bits per heavy atom. The number of hydrogen-bond donors (Lipinski definition) is 0. The molecule has 3 fully saturated rings. The second-order valence-electron chi connectivity index (χ2n) is 10.7. The molecule has 0 unspecified atom stereocenters. The van der Waals surface area contributed by atoms with Gasteiger partial charge in [-0.1, -0.05) is 61.4 Å². The molecule has 4 aliphatic rings. The van der Waals surface area contributed by atoms with E-state index in [1.54, 1.807) is 12.2 Å². The quantitative estimate of drug-likeness (QED) is 0.422. The smallest absolute Gasteiger partial charge is 0.204 e. The van der Waals surface area contributed by atoms with Crippen LogP contribution in [-0.2, 0) is 26.5 Å². The number of Topliss-reactive ketones (excluding diaryl/α,β-unsaturated/α-hetero) is 1. The van der Waals surface area contributed by atoms with Crippen LogP contribution < -0.4 is 0 Å². The summed E-state index contributed by atoms with van der Waals surface area (Å²) in [7, 11) is 0. The third-order valence-corrected chi connectivity index (χ3v) is 12.3. The number of hydrogen-bond acceptors (Lipinski definition) is 3. The number of carbonyl (C=O) groups is 2. The predicted molar refractivity (Wildman–Crippen MR) is 129 cm³/mol. The maximum atomic E-state index is 13.8. The molecule has 4 aliphatic carbocycles. The standard InChI is InChI=1S/C27H31ClO3S/c1-17-6-4-5-7-18(17)16-32(31)27(28)13-11-22-21-9-8-19-14-20(29)10-12-25(19,2)24(21)23(30)15-26(22,27)3/h4-7,10,12,14,21-22,24H,8-9,11,13,15-16H2,1-3H3/t21-,22-,24+,25-,26-,27-,32+/m0/s1. The second-order valence-corrected chi connectivity index (χ2v) is 13.3. The van der Waals surface area contributed by atoms with E-state index < -0.39 is 20.8 Å². The molecule has 0 amide bonds. The Balaban J connectivity index is 1.47. The molecule has 0 radical (unpaired) electrons. The largest absolute Gasteiger partial charge is 0.615 e. The molecule has 0 aliphatic heterocycles. The molecule has 0 saturated heterocycles. The topological polar surface area (TPSA) is 57.2 Å². The number of fused-ring (bicyclic) bond motifs is 5. The highest BCUT2D eigenvalue weighted by atomic mass is 35.5. The van der Waals surface area contributed by atoms with Gasteiger partial charge in [-0.15, -0.1) is 0 Å². The van der Waals surface area contributed by atoms with Crippen LogP contribution in [0.25, 0.3) is 0 Å². The summed E-state index contributed by atoms with van der Waals surface area (Å²) in [6, 6.07) is 8.03. The second kappa shape index (κ2) is 7.58. The molecule has 3 saturated carbocycles. The fourth-order valence-corrected chi connectivity index (χ4v) is 9.77. The number of halogens is 1. The first-order valence-corrected chi connectivity index (χ1v) is 13.4. The zero-order valence-electron chi connectivity index (χ0n) is 19.0. The Hall–Kier alpha value is -1.36. The van der Waals surface area contributed by atoms with Crippen molar-refractivity contribution in [1.29, 1.82) is 0 Å². The van der Waals surface area contributed by atoms with E-state index in [9.17, 15) is 14.1 Å². The third kappa shape index (κ3) is 3.05. The minimum atomic E-state index is -1.29. The lowest BCUT2D eigenvalue weighted by Gasteiger charge is -2.56. The van der Waals surface area contributed by atoms with Crippen LogP contribution in [0.5, 0.6) is 0 Å². The summed E-state index contributed by atoms with van der Waals surface area (Å²) >= 11 is 6.02. The summed E-state index contributed by atoms with van der Waals surface area (Å²) in [4.78, 5) is 25.7. The van der Waals surface area contributed by atoms with Crippen molar-refractivity contribution in [3.63, 3.8) is 0 Å². The summed E-state index contributed by atoms with van der Waals surface area (Å²) < 4.78 is 12.9. The van der Waals surface area contributed by atoms with E-state index in [1.807, 2.05) is 37.3 Å². The molecule has 1 aromatic carbocycles. The van der Waals surface area contributed by atoms with Crippen LogP contribution >= 0.6 is 11.6 Å². The van der Waals surface area contributed by atoms with Crippen molar-refractivity contribution in [2.24, 2.45) is 28.6 Å². The highest BCUT2D eigenvalue weighted by molar-refractivity contribution is 7.93. The van der Waals surface area contributed by atoms with E-state index in [-0.39, 0.29) is 34.7 Å². The maximum Gasteiger partial charge on any atom is 0.204 e. The van der Waals surface area contributed by atoms with Gasteiger partial charge in [-0.2, -0.15) is 0 Å². The van der Waals surface area contributed by atoms with Crippen molar-refractivity contribution in [1.82, 2.24) is 0 Å². The van der Waals surface area contributed by atoms with Gasteiger partial charge in [0, 0.05) is 35.2 Å². The molecule has 0 spiro atoms. The van der Waals surface area contributed by atoms with Crippen LogP contribution in [0.15, 0.2) is 48.1 Å². The molecule has 3 nitrogen and oxygen atoms in total. The Morgan fingerprint density at radius 2 is 1.94 bits per heavy atom. The Morgan fingerprint density at radius 3 is 2.69 bits per heavy atom. The van der Waals surface area contributed by atoms with Crippen molar-refractivity contribution in [2.75, 3.05) is 0 Å². The van der Waals surface area contributed by atoms with Crippen LogP contribution in [0.3, 0.4) is 0 Å². The molecule has 170 valence electrons. The SMILES string of the molecule is Cc1ccccc1C[S@@+]([O-])[C@@]1(Cl)CC[C@H]2[C@@H]3CCC4=CC(=O)C=C[C@]4(C)[C@H]3C(=O)C[C@@]21C. The van der Waals surface area contributed by atoms with E-state index in [2.05, 4.69) is 13.8 Å².